The minimum Gasteiger partial charge on any atom is -0.440 e. The van der Waals surface area contributed by atoms with Crippen LogP contribution in [0.2, 0.25) is 0 Å². The summed E-state index contributed by atoms with van der Waals surface area (Å²) in [6, 6.07) is 14.3. The average Bonchev–Trinajstić information content (AvgIpc) is 3.21. The molecule has 0 aliphatic rings. The van der Waals surface area contributed by atoms with Crippen molar-refractivity contribution in [2.24, 2.45) is 0 Å². The van der Waals surface area contributed by atoms with Gasteiger partial charge in [0.05, 0.1) is 11.4 Å². The van der Waals surface area contributed by atoms with Crippen LogP contribution in [0.25, 0.3) is 16.8 Å². The third kappa shape index (κ3) is 2.83. The van der Waals surface area contributed by atoms with Gasteiger partial charge in [-0.25, -0.2) is 9.97 Å². The normalized spacial score (nSPS) is 11.2. The Balaban J connectivity index is 1.60. The molecule has 2 heterocycles. The highest BCUT2D eigenvalue weighted by atomic mass is 32.2. The molecular weight excluding hydrogens is 318 g/mol. The lowest BCUT2D eigenvalue weighted by Crippen LogP contribution is -1.98. The number of hydrogen-bond donors (Lipinski definition) is 0. The van der Waals surface area contributed by atoms with Gasteiger partial charge in [-0.1, -0.05) is 36.0 Å². The molecule has 0 amide bonds. The molecule has 0 aliphatic heterocycles. The first kappa shape index (κ1) is 15.0. The number of nitrogens with zero attached hydrogens (tertiary/aromatic N) is 3. The number of oxazole rings is 1. The van der Waals surface area contributed by atoms with Crippen molar-refractivity contribution in [1.82, 2.24) is 14.5 Å². The molecule has 0 saturated heterocycles. The third-order valence-corrected chi connectivity index (χ3v) is 4.85. The minimum absolute atomic E-state index is 0.649. The summed E-state index contributed by atoms with van der Waals surface area (Å²) in [6.07, 6.45) is 3.83. The van der Waals surface area contributed by atoms with E-state index in [1.165, 1.54) is 11.1 Å². The van der Waals surface area contributed by atoms with Crippen LogP contribution in [0.5, 0.6) is 0 Å². The molecule has 0 radical (unpaired) electrons. The Kier molecular flexibility index (Phi) is 3.86. The molecule has 0 aliphatic carbocycles. The van der Waals surface area contributed by atoms with Gasteiger partial charge in [-0.05, 0) is 43.2 Å². The summed E-state index contributed by atoms with van der Waals surface area (Å²) < 4.78 is 7.91. The first-order valence-electron chi connectivity index (χ1n) is 7.79. The van der Waals surface area contributed by atoms with Gasteiger partial charge in [-0.2, -0.15) is 0 Å². The lowest BCUT2D eigenvalue weighted by molar-refractivity contribution is 0.556. The molecule has 0 unspecified atom stereocenters. The van der Waals surface area contributed by atoms with Crippen LogP contribution < -0.4 is 0 Å². The molecule has 120 valence electrons. The van der Waals surface area contributed by atoms with Gasteiger partial charge in [0.1, 0.15) is 5.52 Å². The van der Waals surface area contributed by atoms with Gasteiger partial charge in [0.15, 0.2) is 10.7 Å². The second kappa shape index (κ2) is 6.17. The van der Waals surface area contributed by atoms with Crippen molar-refractivity contribution in [2.75, 3.05) is 0 Å². The zero-order chi connectivity index (χ0) is 16.5. The van der Waals surface area contributed by atoms with Gasteiger partial charge in [-0.3, -0.25) is 4.57 Å². The average molecular weight is 335 g/mol. The van der Waals surface area contributed by atoms with Gasteiger partial charge in [0.2, 0.25) is 5.89 Å². The molecule has 0 bridgehead atoms. The number of para-hydroxylation sites is 2. The number of aryl methyl sites for hydroxylation is 2. The maximum absolute atomic E-state index is 5.79. The van der Waals surface area contributed by atoms with Gasteiger partial charge in [0, 0.05) is 12.4 Å². The Labute approximate surface area is 144 Å². The van der Waals surface area contributed by atoms with Crippen LogP contribution in [0.3, 0.4) is 0 Å². The molecule has 0 spiro atoms. The van der Waals surface area contributed by atoms with Crippen molar-refractivity contribution in [3.05, 3.63) is 71.9 Å². The zero-order valence-corrected chi connectivity index (χ0v) is 14.4. The Morgan fingerprint density at radius 1 is 1.12 bits per heavy atom. The molecule has 4 aromatic rings. The minimum atomic E-state index is 0.649. The fraction of sp³-hybridized carbons (Fsp3) is 0.158. The summed E-state index contributed by atoms with van der Waals surface area (Å²) in [4.78, 5) is 9.01. The fourth-order valence-corrected chi connectivity index (χ4v) is 3.48. The van der Waals surface area contributed by atoms with Gasteiger partial charge in [-0.15, -0.1) is 0 Å². The molecule has 5 heteroatoms. The van der Waals surface area contributed by atoms with E-state index in [4.69, 9.17) is 4.42 Å². The standard InChI is InChI=1S/C19H17N3OS/c1-13-7-8-14(2)16(11-13)22-10-9-20-19(22)24-12-18-21-15-5-3-4-6-17(15)23-18/h3-11H,12H2,1-2H3. The summed E-state index contributed by atoms with van der Waals surface area (Å²) in [7, 11) is 0. The number of rotatable bonds is 4. The largest absolute Gasteiger partial charge is 0.440 e. The van der Waals surface area contributed by atoms with E-state index in [-0.39, 0.29) is 0 Å². The van der Waals surface area contributed by atoms with Crippen LogP contribution in [-0.4, -0.2) is 14.5 Å². The highest BCUT2D eigenvalue weighted by molar-refractivity contribution is 7.98. The number of thioether (sulfide) groups is 1. The topological polar surface area (TPSA) is 43.9 Å². The fourth-order valence-electron chi connectivity index (χ4n) is 2.67. The van der Waals surface area contributed by atoms with Crippen molar-refractivity contribution < 1.29 is 4.42 Å². The Morgan fingerprint density at radius 3 is 2.88 bits per heavy atom. The quantitative estimate of drug-likeness (QED) is 0.496. The Bertz CT molecular complexity index is 970. The van der Waals surface area contributed by atoms with Crippen LogP contribution in [0, 0.1) is 13.8 Å². The van der Waals surface area contributed by atoms with Crippen LogP contribution in [0.4, 0.5) is 0 Å². The number of fused-ring (bicyclic) bond motifs is 1. The molecule has 2 aromatic carbocycles. The predicted octanol–water partition coefficient (Wildman–Crippen LogP) is 4.92. The van der Waals surface area contributed by atoms with Crippen molar-refractivity contribution in [2.45, 2.75) is 24.8 Å². The predicted molar refractivity (Wildman–Crippen MR) is 96.6 cm³/mol. The van der Waals surface area contributed by atoms with Crippen LogP contribution >= 0.6 is 11.8 Å². The lowest BCUT2D eigenvalue weighted by atomic mass is 10.1. The zero-order valence-electron chi connectivity index (χ0n) is 13.6. The van der Waals surface area contributed by atoms with E-state index in [1.54, 1.807) is 11.8 Å². The van der Waals surface area contributed by atoms with Crippen molar-refractivity contribution >= 4 is 22.9 Å². The molecule has 0 fully saturated rings. The van der Waals surface area contributed by atoms with E-state index < -0.39 is 0 Å². The number of imidazole rings is 1. The highest BCUT2D eigenvalue weighted by Gasteiger charge is 2.11. The van der Waals surface area contributed by atoms with E-state index in [2.05, 4.69) is 46.6 Å². The molecule has 4 rings (SSSR count). The monoisotopic (exact) mass is 335 g/mol. The van der Waals surface area contributed by atoms with Gasteiger partial charge in [0.25, 0.3) is 0 Å². The molecule has 2 aromatic heterocycles. The first-order valence-corrected chi connectivity index (χ1v) is 8.77. The van der Waals surface area contributed by atoms with E-state index in [9.17, 15) is 0 Å². The first-order chi connectivity index (χ1) is 11.7. The van der Waals surface area contributed by atoms with E-state index in [0.29, 0.717) is 5.75 Å². The number of hydrogen-bond acceptors (Lipinski definition) is 4. The van der Waals surface area contributed by atoms with Crippen LogP contribution in [-0.2, 0) is 5.75 Å². The molecule has 0 N–H and O–H groups in total. The van der Waals surface area contributed by atoms with E-state index in [0.717, 1.165) is 27.8 Å². The van der Waals surface area contributed by atoms with E-state index in [1.807, 2.05) is 36.7 Å². The molecule has 0 saturated carbocycles. The Hall–Kier alpha value is -2.53. The third-order valence-electron chi connectivity index (χ3n) is 3.89. The maximum atomic E-state index is 5.79. The van der Waals surface area contributed by atoms with Crippen molar-refractivity contribution in [1.29, 1.82) is 0 Å². The molecular formula is C19H17N3OS. The number of aromatic nitrogens is 3. The van der Waals surface area contributed by atoms with Gasteiger partial charge < -0.3 is 4.42 Å². The van der Waals surface area contributed by atoms with E-state index >= 15 is 0 Å². The summed E-state index contributed by atoms with van der Waals surface area (Å²) in [5.74, 6) is 1.37. The Morgan fingerprint density at radius 2 is 2.00 bits per heavy atom. The summed E-state index contributed by atoms with van der Waals surface area (Å²) in [5, 5.41) is 0.936. The SMILES string of the molecule is Cc1ccc(C)c(-n2ccnc2SCc2nc3ccccc3o2)c1. The van der Waals surface area contributed by atoms with Crippen molar-refractivity contribution in [3.8, 4) is 5.69 Å². The molecule has 24 heavy (non-hydrogen) atoms. The summed E-state index contributed by atoms with van der Waals surface area (Å²) in [6.45, 7) is 4.22. The second-order valence-electron chi connectivity index (χ2n) is 5.73. The van der Waals surface area contributed by atoms with Crippen molar-refractivity contribution in [3.63, 3.8) is 0 Å². The van der Waals surface area contributed by atoms with Crippen LogP contribution in [0.15, 0.2) is 64.4 Å². The lowest BCUT2D eigenvalue weighted by Gasteiger charge is -2.11. The second-order valence-corrected chi connectivity index (χ2v) is 6.68. The molecule has 4 nitrogen and oxygen atoms in total. The maximum Gasteiger partial charge on any atom is 0.205 e. The molecule has 0 atom stereocenters. The van der Waals surface area contributed by atoms with Crippen LogP contribution in [0.1, 0.15) is 17.0 Å². The summed E-state index contributed by atoms with van der Waals surface area (Å²) in [5.41, 5.74) is 5.34. The smallest absolute Gasteiger partial charge is 0.205 e. The highest BCUT2D eigenvalue weighted by Crippen LogP contribution is 2.27. The number of benzene rings is 2. The summed E-state index contributed by atoms with van der Waals surface area (Å²) >= 11 is 1.63. The van der Waals surface area contributed by atoms with Gasteiger partial charge >= 0.3 is 0 Å².